The lowest BCUT2D eigenvalue weighted by Crippen LogP contribution is -2.04. The van der Waals surface area contributed by atoms with Gasteiger partial charge >= 0.3 is 10.1 Å². The minimum absolute atomic E-state index is 0.355. The Kier molecular flexibility index (Phi) is 2.13. The summed E-state index contributed by atoms with van der Waals surface area (Å²) in [5.74, 6) is 0.355. The molecule has 0 radical (unpaired) electrons. The first-order valence-corrected chi connectivity index (χ1v) is 5.53. The zero-order valence-corrected chi connectivity index (χ0v) is 8.07. The molecular weight excluding hydrogens is 200 g/mol. The Labute approximate surface area is 82.5 Å². The Morgan fingerprint density at radius 1 is 1.07 bits per heavy atom. The molecule has 0 atom stereocenters. The van der Waals surface area contributed by atoms with Crippen LogP contribution >= 0.6 is 0 Å². The van der Waals surface area contributed by atoms with Crippen LogP contribution in [0, 0.1) is 0 Å². The van der Waals surface area contributed by atoms with Gasteiger partial charge in [0.2, 0.25) is 0 Å². The topological polar surface area (TPSA) is 43.4 Å². The number of hydrogen-bond donors (Lipinski definition) is 0. The third kappa shape index (κ3) is 1.85. The van der Waals surface area contributed by atoms with E-state index in [1.165, 1.54) is 6.08 Å². The monoisotopic (exact) mass is 208 g/mol. The quantitative estimate of drug-likeness (QED) is 0.662. The molecule has 1 heterocycles. The van der Waals surface area contributed by atoms with Gasteiger partial charge in [-0.15, -0.1) is 0 Å². The van der Waals surface area contributed by atoms with Crippen molar-refractivity contribution >= 4 is 15.9 Å². The van der Waals surface area contributed by atoms with E-state index >= 15 is 0 Å². The minimum Gasteiger partial charge on any atom is -0.379 e. The van der Waals surface area contributed by atoms with E-state index in [-0.39, 0.29) is 0 Å². The van der Waals surface area contributed by atoms with E-state index in [1.807, 2.05) is 18.2 Å². The molecule has 0 fully saturated rings. The Balaban J connectivity index is 2.39. The van der Waals surface area contributed by atoms with Gasteiger partial charge in [0, 0.05) is 5.56 Å². The van der Waals surface area contributed by atoms with E-state index in [1.54, 1.807) is 18.2 Å². The SMILES string of the molecule is O=S1(=O)C=CC=C(c2ccccc2)O1. The minimum atomic E-state index is -3.53. The van der Waals surface area contributed by atoms with E-state index in [9.17, 15) is 8.42 Å². The van der Waals surface area contributed by atoms with Gasteiger partial charge in [-0.05, 0) is 12.2 Å². The smallest absolute Gasteiger partial charge is 0.332 e. The van der Waals surface area contributed by atoms with Crippen LogP contribution in [0.4, 0.5) is 0 Å². The summed E-state index contributed by atoms with van der Waals surface area (Å²) in [4.78, 5) is 0. The van der Waals surface area contributed by atoms with Crippen LogP contribution < -0.4 is 0 Å². The van der Waals surface area contributed by atoms with Crippen molar-refractivity contribution in [1.82, 2.24) is 0 Å². The summed E-state index contributed by atoms with van der Waals surface area (Å²) in [5.41, 5.74) is 0.750. The van der Waals surface area contributed by atoms with Crippen LogP contribution in [0.3, 0.4) is 0 Å². The van der Waals surface area contributed by atoms with Crippen LogP contribution in [0.25, 0.3) is 5.76 Å². The lowest BCUT2D eigenvalue weighted by molar-refractivity contribution is 0.472. The maximum absolute atomic E-state index is 11.1. The van der Waals surface area contributed by atoms with Gasteiger partial charge in [0.1, 0.15) is 5.76 Å². The van der Waals surface area contributed by atoms with Crippen molar-refractivity contribution in [3.63, 3.8) is 0 Å². The summed E-state index contributed by atoms with van der Waals surface area (Å²) in [6, 6.07) is 9.09. The molecule has 4 heteroatoms. The van der Waals surface area contributed by atoms with Gasteiger partial charge < -0.3 is 4.18 Å². The van der Waals surface area contributed by atoms with Gasteiger partial charge in [0.15, 0.2) is 0 Å². The van der Waals surface area contributed by atoms with E-state index < -0.39 is 10.1 Å². The largest absolute Gasteiger partial charge is 0.379 e. The molecule has 1 aromatic rings. The van der Waals surface area contributed by atoms with Gasteiger partial charge in [-0.25, -0.2) is 0 Å². The molecule has 0 amide bonds. The first kappa shape index (κ1) is 9.02. The van der Waals surface area contributed by atoms with Crippen LogP contribution in [0.1, 0.15) is 5.56 Å². The Morgan fingerprint density at radius 2 is 1.79 bits per heavy atom. The molecule has 0 spiro atoms. The van der Waals surface area contributed by atoms with E-state index in [0.717, 1.165) is 11.0 Å². The van der Waals surface area contributed by atoms with Crippen molar-refractivity contribution in [1.29, 1.82) is 0 Å². The van der Waals surface area contributed by atoms with Crippen LogP contribution in [0.5, 0.6) is 0 Å². The Morgan fingerprint density at radius 3 is 2.43 bits per heavy atom. The van der Waals surface area contributed by atoms with E-state index in [0.29, 0.717) is 5.76 Å². The zero-order valence-electron chi connectivity index (χ0n) is 7.25. The predicted octanol–water partition coefficient (Wildman–Crippen LogP) is 1.90. The fourth-order valence-electron chi connectivity index (χ4n) is 1.15. The average molecular weight is 208 g/mol. The normalized spacial score (nSPS) is 18.4. The molecule has 1 aromatic carbocycles. The van der Waals surface area contributed by atoms with Crippen molar-refractivity contribution in [3.8, 4) is 0 Å². The lowest BCUT2D eigenvalue weighted by atomic mass is 10.2. The van der Waals surface area contributed by atoms with Gasteiger partial charge in [0.25, 0.3) is 0 Å². The Bertz CT molecular complexity index is 483. The molecule has 0 aromatic heterocycles. The standard InChI is InChI=1S/C10H8O3S/c11-14(12)8-4-7-10(13-14)9-5-2-1-3-6-9/h1-8H. The van der Waals surface area contributed by atoms with Crippen LogP contribution in [-0.4, -0.2) is 8.42 Å². The third-order valence-electron chi connectivity index (χ3n) is 1.76. The average Bonchev–Trinajstić information content (AvgIpc) is 2.18. The van der Waals surface area contributed by atoms with Gasteiger partial charge in [-0.3, -0.25) is 0 Å². The highest BCUT2D eigenvalue weighted by molar-refractivity contribution is 7.90. The maximum atomic E-state index is 11.1. The highest BCUT2D eigenvalue weighted by Gasteiger charge is 2.14. The van der Waals surface area contributed by atoms with Crippen LogP contribution in [0.2, 0.25) is 0 Å². The molecule has 0 unspecified atom stereocenters. The molecule has 0 saturated heterocycles. The molecule has 2 rings (SSSR count). The van der Waals surface area contributed by atoms with Gasteiger partial charge in [0.05, 0.1) is 5.41 Å². The number of benzene rings is 1. The second-order valence-electron chi connectivity index (χ2n) is 2.80. The molecule has 72 valence electrons. The van der Waals surface area contributed by atoms with Crippen molar-refractivity contribution in [2.24, 2.45) is 0 Å². The third-order valence-corrected chi connectivity index (χ3v) is 2.66. The summed E-state index contributed by atoms with van der Waals surface area (Å²) in [6.07, 6.45) is 3.08. The van der Waals surface area contributed by atoms with Gasteiger partial charge in [-0.2, -0.15) is 8.42 Å². The second kappa shape index (κ2) is 3.31. The van der Waals surface area contributed by atoms with Gasteiger partial charge in [-0.1, -0.05) is 30.3 Å². The summed E-state index contributed by atoms with van der Waals surface area (Å²) < 4.78 is 27.0. The maximum Gasteiger partial charge on any atom is 0.332 e. The van der Waals surface area contributed by atoms with E-state index in [4.69, 9.17) is 4.18 Å². The highest BCUT2D eigenvalue weighted by atomic mass is 32.2. The molecule has 0 saturated carbocycles. The fourth-order valence-corrected chi connectivity index (χ4v) is 1.88. The molecular formula is C10H8O3S. The molecule has 14 heavy (non-hydrogen) atoms. The first-order chi connectivity index (χ1) is 6.67. The van der Waals surface area contributed by atoms with Crippen molar-refractivity contribution in [2.45, 2.75) is 0 Å². The number of hydrogen-bond acceptors (Lipinski definition) is 3. The molecule has 1 aliphatic rings. The summed E-state index contributed by atoms with van der Waals surface area (Å²) in [7, 11) is -3.53. The van der Waals surface area contributed by atoms with Crippen molar-refractivity contribution in [2.75, 3.05) is 0 Å². The molecule has 0 bridgehead atoms. The highest BCUT2D eigenvalue weighted by Crippen LogP contribution is 2.21. The Hall–Kier alpha value is -1.55. The van der Waals surface area contributed by atoms with Crippen molar-refractivity contribution in [3.05, 3.63) is 53.5 Å². The zero-order chi connectivity index (χ0) is 10.0. The molecule has 3 nitrogen and oxygen atoms in total. The second-order valence-corrected chi connectivity index (χ2v) is 4.23. The number of allylic oxidation sites excluding steroid dienone is 2. The summed E-state index contributed by atoms with van der Waals surface area (Å²) in [5, 5.41) is 1.03. The van der Waals surface area contributed by atoms with Crippen LogP contribution in [0.15, 0.2) is 47.9 Å². The lowest BCUT2D eigenvalue weighted by Gasteiger charge is -2.10. The number of rotatable bonds is 1. The molecule has 1 aliphatic heterocycles. The summed E-state index contributed by atoms with van der Waals surface area (Å²) >= 11 is 0. The fraction of sp³-hybridized carbons (Fsp3) is 0. The summed E-state index contributed by atoms with van der Waals surface area (Å²) in [6.45, 7) is 0. The first-order valence-electron chi connectivity index (χ1n) is 4.06. The molecule has 0 aliphatic carbocycles. The van der Waals surface area contributed by atoms with E-state index in [2.05, 4.69) is 0 Å². The van der Waals surface area contributed by atoms with Crippen molar-refractivity contribution < 1.29 is 12.6 Å². The molecule has 0 N–H and O–H groups in total. The predicted molar refractivity (Wildman–Crippen MR) is 53.6 cm³/mol. The van der Waals surface area contributed by atoms with Crippen LogP contribution in [-0.2, 0) is 14.3 Å².